The highest BCUT2D eigenvalue weighted by atomic mass is 28.3. The summed E-state index contributed by atoms with van der Waals surface area (Å²) in [6.07, 6.45) is 16.8. The van der Waals surface area contributed by atoms with Crippen LogP contribution < -0.4 is 0 Å². The van der Waals surface area contributed by atoms with Crippen LogP contribution in [0.1, 0.15) is 90.9 Å². The molecule has 21 heavy (non-hydrogen) atoms. The van der Waals surface area contributed by atoms with Crippen LogP contribution in [0.3, 0.4) is 0 Å². The molecule has 0 aliphatic rings. The Morgan fingerprint density at radius 2 is 0.905 bits per heavy atom. The van der Waals surface area contributed by atoms with Gasteiger partial charge < -0.3 is 0 Å². The lowest BCUT2D eigenvalue weighted by Crippen LogP contribution is -2.29. The van der Waals surface area contributed by atoms with Crippen molar-refractivity contribution in [1.29, 1.82) is 0 Å². The van der Waals surface area contributed by atoms with E-state index in [1.165, 1.54) is 89.1 Å². The van der Waals surface area contributed by atoms with E-state index >= 15 is 0 Å². The molecule has 1 heteroatoms. The molecular formula is C20H40Si. The second-order valence-corrected chi connectivity index (χ2v) is 11.0. The molecule has 0 N–H and O–H groups in total. The highest BCUT2D eigenvalue weighted by Crippen LogP contribution is 2.25. The third-order valence-electron chi connectivity index (χ3n) is 4.80. The van der Waals surface area contributed by atoms with E-state index in [1.807, 2.05) is 0 Å². The molecule has 0 amide bonds. The average molecular weight is 309 g/mol. The first-order chi connectivity index (χ1) is 10.2. The second kappa shape index (κ2) is 14.6. The summed E-state index contributed by atoms with van der Waals surface area (Å²) in [4.78, 5) is 0. The topological polar surface area (TPSA) is 0 Å². The predicted molar refractivity (Wildman–Crippen MR) is 103 cm³/mol. The Balaban J connectivity index is 3.84. The molecule has 0 saturated carbocycles. The molecule has 0 spiro atoms. The lowest BCUT2D eigenvalue weighted by molar-refractivity contribution is 0.616. The summed E-state index contributed by atoms with van der Waals surface area (Å²) in [5.74, 6) is 0. The standard InChI is InChI=1S/C20H40Si/c1-5-9-11-13-15-17-19-21(7-3,8-4)20-18-16-14-12-10-6-2/h7-8H,3-6,9-20H2,1-2H3. The molecule has 0 radical (unpaired) electrons. The Hall–Kier alpha value is -0.303. The SMILES string of the molecule is C=C[Si](C=C)(CCCCCCCC)CCCCCCCC. The first-order valence-electron chi connectivity index (χ1n) is 9.52. The minimum Gasteiger partial charge on any atom is -0.107 e. The molecule has 0 fully saturated rings. The van der Waals surface area contributed by atoms with Gasteiger partial charge in [-0.1, -0.05) is 114 Å². The maximum absolute atomic E-state index is 4.15. The van der Waals surface area contributed by atoms with Gasteiger partial charge >= 0.3 is 0 Å². The van der Waals surface area contributed by atoms with Gasteiger partial charge in [-0.3, -0.25) is 0 Å². The molecule has 0 atom stereocenters. The molecule has 0 aromatic carbocycles. The molecule has 0 aliphatic heterocycles. The monoisotopic (exact) mass is 308 g/mol. The van der Waals surface area contributed by atoms with E-state index in [1.54, 1.807) is 0 Å². The Bertz CT molecular complexity index is 218. The van der Waals surface area contributed by atoms with Gasteiger partial charge in [0.1, 0.15) is 8.07 Å². The number of hydrogen-bond donors (Lipinski definition) is 0. The van der Waals surface area contributed by atoms with Gasteiger partial charge in [-0.15, -0.1) is 13.2 Å². The highest BCUT2D eigenvalue weighted by molar-refractivity contribution is 6.88. The summed E-state index contributed by atoms with van der Waals surface area (Å²) in [5.41, 5.74) is 4.61. The summed E-state index contributed by atoms with van der Waals surface area (Å²) in [5, 5.41) is 0. The van der Waals surface area contributed by atoms with Crippen molar-refractivity contribution in [3.63, 3.8) is 0 Å². The first-order valence-corrected chi connectivity index (χ1v) is 12.1. The van der Waals surface area contributed by atoms with Crippen molar-refractivity contribution in [2.75, 3.05) is 0 Å². The first kappa shape index (κ1) is 20.7. The van der Waals surface area contributed by atoms with Crippen LogP contribution in [-0.4, -0.2) is 8.07 Å². The minimum atomic E-state index is -1.35. The molecular weight excluding hydrogens is 268 g/mol. The van der Waals surface area contributed by atoms with Crippen molar-refractivity contribution < 1.29 is 0 Å². The smallest absolute Gasteiger partial charge is 0.100 e. The maximum Gasteiger partial charge on any atom is 0.100 e. The molecule has 124 valence electrons. The van der Waals surface area contributed by atoms with E-state index in [4.69, 9.17) is 0 Å². The van der Waals surface area contributed by atoms with Crippen LogP contribution >= 0.6 is 0 Å². The van der Waals surface area contributed by atoms with Crippen molar-refractivity contribution in [2.24, 2.45) is 0 Å². The van der Waals surface area contributed by atoms with Crippen LogP contribution in [0.5, 0.6) is 0 Å². The summed E-state index contributed by atoms with van der Waals surface area (Å²) in [6, 6.07) is 2.78. The minimum absolute atomic E-state index is 1.34. The molecule has 0 rings (SSSR count). The van der Waals surface area contributed by atoms with Crippen LogP contribution in [0.15, 0.2) is 24.6 Å². The summed E-state index contributed by atoms with van der Waals surface area (Å²) in [6.45, 7) is 12.9. The third-order valence-corrected chi connectivity index (χ3v) is 9.00. The van der Waals surface area contributed by atoms with E-state index in [-0.39, 0.29) is 0 Å². The van der Waals surface area contributed by atoms with E-state index in [0.717, 1.165) is 0 Å². The van der Waals surface area contributed by atoms with Gasteiger partial charge in [-0.25, -0.2) is 0 Å². The molecule has 0 bridgehead atoms. The van der Waals surface area contributed by atoms with Crippen molar-refractivity contribution in [2.45, 2.75) is 103 Å². The maximum atomic E-state index is 4.15. The predicted octanol–water partition coefficient (Wildman–Crippen LogP) is 7.61. The Morgan fingerprint density at radius 1 is 0.571 bits per heavy atom. The summed E-state index contributed by atoms with van der Waals surface area (Å²) >= 11 is 0. The van der Waals surface area contributed by atoms with Crippen molar-refractivity contribution in [3.05, 3.63) is 24.6 Å². The van der Waals surface area contributed by atoms with E-state index in [0.29, 0.717) is 0 Å². The molecule has 0 unspecified atom stereocenters. The van der Waals surface area contributed by atoms with Gasteiger partial charge in [0.2, 0.25) is 0 Å². The number of unbranched alkanes of at least 4 members (excludes halogenated alkanes) is 10. The third kappa shape index (κ3) is 11.0. The Labute approximate surface area is 136 Å². The van der Waals surface area contributed by atoms with Gasteiger partial charge in [0.05, 0.1) is 0 Å². The second-order valence-electron chi connectivity index (χ2n) is 6.68. The van der Waals surface area contributed by atoms with Crippen LogP contribution in [0.4, 0.5) is 0 Å². The summed E-state index contributed by atoms with van der Waals surface area (Å²) in [7, 11) is -1.35. The zero-order valence-corrected chi connectivity index (χ0v) is 16.0. The molecule has 0 aromatic heterocycles. The fourth-order valence-corrected chi connectivity index (χ4v) is 6.14. The number of rotatable bonds is 16. The lowest BCUT2D eigenvalue weighted by Gasteiger charge is -2.24. The van der Waals surface area contributed by atoms with Gasteiger partial charge in [-0.05, 0) is 0 Å². The average Bonchev–Trinajstić information content (AvgIpc) is 2.52. The number of hydrogen-bond acceptors (Lipinski definition) is 0. The zero-order chi connectivity index (χ0) is 15.8. The van der Waals surface area contributed by atoms with Gasteiger partial charge in [0.15, 0.2) is 0 Å². The normalized spacial score (nSPS) is 11.5. The van der Waals surface area contributed by atoms with Gasteiger partial charge in [0.25, 0.3) is 0 Å². The van der Waals surface area contributed by atoms with Gasteiger partial charge in [-0.2, -0.15) is 0 Å². The molecule has 0 nitrogen and oxygen atoms in total. The van der Waals surface area contributed by atoms with Crippen LogP contribution in [0.2, 0.25) is 12.1 Å². The van der Waals surface area contributed by atoms with E-state index < -0.39 is 8.07 Å². The van der Waals surface area contributed by atoms with Crippen molar-refractivity contribution >= 4 is 8.07 Å². The quantitative estimate of drug-likeness (QED) is 0.203. The Kier molecular flexibility index (Phi) is 14.4. The van der Waals surface area contributed by atoms with Crippen molar-refractivity contribution in [1.82, 2.24) is 0 Å². The summed E-state index contributed by atoms with van der Waals surface area (Å²) < 4.78 is 0. The van der Waals surface area contributed by atoms with Crippen LogP contribution in [0.25, 0.3) is 0 Å². The van der Waals surface area contributed by atoms with Crippen LogP contribution in [0, 0.1) is 0 Å². The fraction of sp³-hybridized carbons (Fsp3) is 0.800. The van der Waals surface area contributed by atoms with Crippen molar-refractivity contribution in [3.8, 4) is 0 Å². The molecule has 0 aliphatic carbocycles. The van der Waals surface area contributed by atoms with E-state index in [9.17, 15) is 0 Å². The molecule has 0 saturated heterocycles. The fourth-order valence-electron chi connectivity index (χ4n) is 3.09. The lowest BCUT2D eigenvalue weighted by atomic mass is 10.1. The molecule has 0 heterocycles. The van der Waals surface area contributed by atoms with E-state index in [2.05, 4.69) is 38.4 Å². The Morgan fingerprint density at radius 3 is 1.24 bits per heavy atom. The zero-order valence-electron chi connectivity index (χ0n) is 15.0. The highest BCUT2D eigenvalue weighted by Gasteiger charge is 2.24. The van der Waals surface area contributed by atoms with Gasteiger partial charge in [0, 0.05) is 0 Å². The van der Waals surface area contributed by atoms with Crippen LogP contribution in [-0.2, 0) is 0 Å². The largest absolute Gasteiger partial charge is 0.107 e. The molecule has 0 aromatic rings.